The van der Waals surface area contributed by atoms with E-state index in [2.05, 4.69) is 15.9 Å². The van der Waals surface area contributed by atoms with Crippen molar-refractivity contribution in [3.05, 3.63) is 34.3 Å². The van der Waals surface area contributed by atoms with Gasteiger partial charge in [-0.1, -0.05) is 12.1 Å². The minimum absolute atomic E-state index is 0.108. The van der Waals surface area contributed by atoms with Gasteiger partial charge in [0.15, 0.2) is 0 Å². The fourth-order valence-electron chi connectivity index (χ4n) is 1.86. The molecular formula is C15H20BrNO4. The number of amides is 1. The standard InChI is InChI=1S/C15H20BrNO4/c1-3-21-14(19)8-9-17(10-11(2)18)15(20)12-6-4-5-7-13(12)16/h4-7,11,18H,3,8-10H2,1-2H3. The Labute approximate surface area is 133 Å². The maximum Gasteiger partial charge on any atom is 0.307 e. The molecule has 1 aromatic rings. The van der Waals surface area contributed by atoms with Crippen LogP contribution in [-0.4, -0.2) is 47.7 Å². The smallest absolute Gasteiger partial charge is 0.307 e. The summed E-state index contributed by atoms with van der Waals surface area (Å²) >= 11 is 3.33. The van der Waals surface area contributed by atoms with E-state index in [4.69, 9.17) is 4.74 Å². The molecule has 1 N–H and O–H groups in total. The predicted octanol–water partition coefficient (Wildman–Crippen LogP) is 2.23. The molecule has 1 aromatic carbocycles. The lowest BCUT2D eigenvalue weighted by atomic mass is 10.2. The molecule has 5 nitrogen and oxygen atoms in total. The van der Waals surface area contributed by atoms with E-state index in [0.717, 1.165) is 0 Å². The first-order valence-corrected chi connectivity index (χ1v) is 7.62. The van der Waals surface area contributed by atoms with Gasteiger partial charge in [0.25, 0.3) is 5.91 Å². The van der Waals surface area contributed by atoms with Gasteiger partial charge in [-0.3, -0.25) is 9.59 Å². The van der Waals surface area contributed by atoms with Crippen LogP contribution in [0.2, 0.25) is 0 Å². The lowest BCUT2D eigenvalue weighted by Gasteiger charge is -2.24. The Morgan fingerprint density at radius 1 is 1.38 bits per heavy atom. The topological polar surface area (TPSA) is 66.8 Å². The number of nitrogens with zero attached hydrogens (tertiary/aromatic N) is 1. The Kier molecular flexibility index (Phi) is 7.39. The van der Waals surface area contributed by atoms with Crippen molar-refractivity contribution < 1.29 is 19.4 Å². The van der Waals surface area contributed by atoms with E-state index in [0.29, 0.717) is 16.6 Å². The molecule has 21 heavy (non-hydrogen) atoms. The van der Waals surface area contributed by atoms with E-state index in [1.807, 2.05) is 6.07 Å². The Hall–Kier alpha value is -1.40. The van der Waals surface area contributed by atoms with Gasteiger partial charge in [0.05, 0.1) is 24.7 Å². The summed E-state index contributed by atoms with van der Waals surface area (Å²) in [6.45, 7) is 4.03. The number of aliphatic hydroxyl groups excluding tert-OH is 1. The normalized spacial score (nSPS) is 11.8. The van der Waals surface area contributed by atoms with Gasteiger partial charge < -0.3 is 14.7 Å². The van der Waals surface area contributed by atoms with Gasteiger partial charge in [0, 0.05) is 17.6 Å². The van der Waals surface area contributed by atoms with Gasteiger partial charge in [-0.25, -0.2) is 0 Å². The molecule has 0 aromatic heterocycles. The summed E-state index contributed by atoms with van der Waals surface area (Å²) in [6.07, 6.45) is -0.560. The average molecular weight is 358 g/mol. The van der Waals surface area contributed by atoms with Crippen molar-refractivity contribution >= 4 is 27.8 Å². The van der Waals surface area contributed by atoms with Crippen LogP contribution in [0.5, 0.6) is 0 Å². The monoisotopic (exact) mass is 357 g/mol. The zero-order chi connectivity index (χ0) is 15.8. The summed E-state index contributed by atoms with van der Waals surface area (Å²) in [5.41, 5.74) is 0.502. The van der Waals surface area contributed by atoms with Crippen LogP contribution >= 0.6 is 15.9 Å². The molecule has 0 aliphatic heterocycles. The quantitative estimate of drug-likeness (QED) is 0.759. The Morgan fingerprint density at radius 2 is 2.05 bits per heavy atom. The summed E-state index contributed by atoms with van der Waals surface area (Å²) in [7, 11) is 0. The van der Waals surface area contributed by atoms with Crippen LogP contribution in [0.1, 0.15) is 30.6 Å². The number of esters is 1. The van der Waals surface area contributed by atoms with E-state index >= 15 is 0 Å². The number of halogens is 1. The van der Waals surface area contributed by atoms with Gasteiger partial charge in [-0.05, 0) is 41.9 Å². The number of carbonyl (C=O) groups excluding carboxylic acids is 2. The lowest BCUT2D eigenvalue weighted by molar-refractivity contribution is -0.143. The summed E-state index contributed by atoms with van der Waals surface area (Å²) in [5, 5.41) is 9.53. The molecule has 0 aliphatic carbocycles. The van der Waals surface area contributed by atoms with Crippen molar-refractivity contribution in [1.82, 2.24) is 4.90 Å². The van der Waals surface area contributed by atoms with Crippen LogP contribution in [0, 0.1) is 0 Å². The fourth-order valence-corrected chi connectivity index (χ4v) is 2.31. The number of hydrogen-bond acceptors (Lipinski definition) is 4. The van der Waals surface area contributed by atoms with Gasteiger partial charge >= 0.3 is 5.97 Å². The molecule has 0 heterocycles. The molecule has 1 atom stereocenters. The molecule has 0 fully saturated rings. The van der Waals surface area contributed by atoms with Crippen molar-refractivity contribution in [1.29, 1.82) is 0 Å². The number of carbonyl (C=O) groups is 2. The fraction of sp³-hybridized carbons (Fsp3) is 0.467. The molecule has 116 valence electrons. The zero-order valence-corrected chi connectivity index (χ0v) is 13.8. The SMILES string of the molecule is CCOC(=O)CCN(CC(C)O)C(=O)c1ccccc1Br. The number of aliphatic hydroxyl groups is 1. The third kappa shape index (κ3) is 5.85. The van der Waals surface area contributed by atoms with Crippen molar-refractivity contribution in [2.24, 2.45) is 0 Å². The molecule has 1 rings (SSSR count). The first-order chi connectivity index (χ1) is 9.95. The molecule has 0 radical (unpaired) electrons. The Balaban J connectivity index is 2.79. The van der Waals surface area contributed by atoms with Crippen LogP contribution in [-0.2, 0) is 9.53 Å². The molecule has 0 saturated heterocycles. The summed E-state index contributed by atoms with van der Waals surface area (Å²) in [4.78, 5) is 25.4. The van der Waals surface area contributed by atoms with E-state index in [1.165, 1.54) is 4.90 Å². The molecule has 6 heteroatoms. The highest BCUT2D eigenvalue weighted by Crippen LogP contribution is 2.18. The molecule has 1 amide bonds. The first kappa shape index (κ1) is 17.7. The maximum absolute atomic E-state index is 12.5. The highest BCUT2D eigenvalue weighted by Gasteiger charge is 2.20. The highest BCUT2D eigenvalue weighted by atomic mass is 79.9. The third-order valence-corrected chi connectivity index (χ3v) is 3.46. The second-order valence-corrected chi connectivity index (χ2v) is 5.49. The minimum Gasteiger partial charge on any atom is -0.466 e. The number of benzene rings is 1. The third-order valence-electron chi connectivity index (χ3n) is 2.77. The van der Waals surface area contributed by atoms with Crippen LogP contribution in [0.3, 0.4) is 0 Å². The predicted molar refractivity (Wildman–Crippen MR) is 83.0 cm³/mol. The average Bonchev–Trinajstić information content (AvgIpc) is 2.43. The van der Waals surface area contributed by atoms with Crippen molar-refractivity contribution in [2.45, 2.75) is 26.4 Å². The van der Waals surface area contributed by atoms with E-state index < -0.39 is 6.10 Å². The van der Waals surface area contributed by atoms with E-state index in [-0.39, 0.29) is 31.4 Å². The van der Waals surface area contributed by atoms with Crippen LogP contribution in [0.4, 0.5) is 0 Å². The van der Waals surface area contributed by atoms with Crippen molar-refractivity contribution in [3.8, 4) is 0 Å². The van der Waals surface area contributed by atoms with Crippen LogP contribution in [0.15, 0.2) is 28.7 Å². The maximum atomic E-state index is 12.5. The summed E-state index contributed by atoms with van der Waals surface area (Å²) < 4.78 is 5.54. The second kappa shape index (κ2) is 8.79. The van der Waals surface area contributed by atoms with E-state index in [9.17, 15) is 14.7 Å². The Morgan fingerprint density at radius 3 is 2.62 bits per heavy atom. The molecule has 1 unspecified atom stereocenters. The first-order valence-electron chi connectivity index (χ1n) is 6.83. The van der Waals surface area contributed by atoms with Crippen molar-refractivity contribution in [3.63, 3.8) is 0 Å². The molecule has 0 saturated carbocycles. The number of hydrogen-bond donors (Lipinski definition) is 1. The lowest BCUT2D eigenvalue weighted by Crippen LogP contribution is -2.38. The van der Waals surface area contributed by atoms with Crippen molar-refractivity contribution in [2.75, 3.05) is 19.7 Å². The molecule has 0 bridgehead atoms. The molecule has 0 spiro atoms. The van der Waals surface area contributed by atoms with Gasteiger partial charge in [0.2, 0.25) is 0 Å². The molecular weight excluding hydrogens is 338 g/mol. The number of rotatable bonds is 7. The highest BCUT2D eigenvalue weighted by molar-refractivity contribution is 9.10. The Bertz CT molecular complexity index is 490. The molecule has 0 aliphatic rings. The van der Waals surface area contributed by atoms with Gasteiger partial charge in [-0.2, -0.15) is 0 Å². The van der Waals surface area contributed by atoms with E-state index in [1.54, 1.807) is 32.0 Å². The minimum atomic E-state index is -0.668. The summed E-state index contributed by atoms with van der Waals surface area (Å²) in [5.74, 6) is -0.583. The second-order valence-electron chi connectivity index (χ2n) is 4.64. The number of ether oxygens (including phenoxy) is 1. The largest absolute Gasteiger partial charge is 0.466 e. The zero-order valence-electron chi connectivity index (χ0n) is 12.2. The van der Waals surface area contributed by atoms with Crippen LogP contribution in [0.25, 0.3) is 0 Å². The van der Waals surface area contributed by atoms with Crippen LogP contribution < -0.4 is 0 Å². The van der Waals surface area contributed by atoms with Gasteiger partial charge in [0.1, 0.15) is 0 Å². The summed E-state index contributed by atoms with van der Waals surface area (Å²) in [6, 6.07) is 7.06. The van der Waals surface area contributed by atoms with Gasteiger partial charge in [-0.15, -0.1) is 0 Å².